The molecule has 0 N–H and O–H groups in total. The van der Waals surface area contributed by atoms with Crippen molar-refractivity contribution < 1.29 is 17.1 Å². The van der Waals surface area contributed by atoms with Gasteiger partial charge in [-0.2, -0.15) is 0 Å². The monoisotopic (exact) mass is 293 g/mol. The molecule has 0 unspecified atom stereocenters. The summed E-state index contributed by atoms with van der Waals surface area (Å²) >= 11 is 0. The van der Waals surface area contributed by atoms with Crippen molar-refractivity contribution in [1.29, 1.82) is 0 Å². The van der Waals surface area contributed by atoms with Crippen molar-refractivity contribution in [3.05, 3.63) is 0 Å². The van der Waals surface area contributed by atoms with Crippen LogP contribution in [0.2, 0.25) is 0 Å². The molecule has 31 valence electrons. The number of hydrogen-bond donors (Lipinski definition) is 0. The molecule has 0 saturated carbocycles. The molecule has 0 rings (SSSR count). The first-order valence-electron chi connectivity index (χ1n) is 0. The van der Waals surface area contributed by atoms with Crippen molar-refractivity contribution >= 4 is 60.3 Å². The van der Waals surface area contributed by atoms with Crippen molar-refractivity contribution in [2.45, 2.75) is 0 Å². The summed E-state index contributed by atoms with van der Waals surface area (Å²) in [6, 6.07) is 0. The van der Waals surface area contributed by atoms with Gasteiger partial charge in [0.1, 0.15) is 0 Å². The molecule has 0 aliphatic heterocycles. The van der Waals surface area contributed by atoms with Crippen LogP contribution in [0, 0.1) is 0 Å². The average molecular weight is 292 g/mol. The normalized spacial score (nSPS) is 0. The van der Waals surface area contributed by atoms with Crippen LogP contribution in [0.3, 0.4) is 0 Å². The molecule has 1 radical (unpaired) electrons. The summed E-state index contributed by atoms with van der Waals surface area (Å²) in [6.07, 6.45) is 0. The number of rotatable bonds is 0. The maximum absolute atomic E-state index is 0. The van der Waals surface area contributed by atoms with E-state index in [2.05, 4.69) is 0 Å². The van der Waals surface area contributed by atoms with E-state index in [1.165, 1.54) is 0 Å². The van der Waals surface area contributed by atoms with Crippen LogP contribution in [0.1, 0.15) is 0 Å². The summed E-state index contributed by atoms with van der Waals surface area (Å²) in [4.78, 5) is 0. The Hall–Kier alpha value is 2.44. The standard InChI is InChI=1S/Al.Cu.In.H2Se.6H/h;;;1H2;;;;;;. The SMILES string of the molecule is [AlH3].[Cu].[InH3].[SeH2]. The third-order valence-electron chi connectivity index (χ3n) is 0. The van der Waals surface area contributed by atoms with Crippen LogP contribution in [0.5, 0.6) is 0 Å². The van der Waals surface area contributed by atoms with Gasteiger partial charge in [0.05, 0.1) is 0 Å². The molecule has 0 atom stereocenters. The minimum absolute atomic E-state index is 0. The Morgan fingerprint density at radius 2 is 1.00 bits per heavy atom. The molecular weight excluding hydrogens is 284 g/mol. The molecule has 0 aromatic heterocycles. The molecule has 0 heterocycles. The second-order valence-corrected chi connectivity index (χ2v) is 0. The van der Waals surface area contributed by atoms with Crippen LogP contribution in [-0.4, -0.2) is 60.3 Å². The summed E-state index contributed by atoms with van der Waals surface area (Å²) < 4.78 is 0. The Kier molecular flexibility index (Phi) is 144. The van der Waals surface area contributed by atoms with E-state index in [0.29, 0.717) is 0 Å². The molecule has 0 saturated heterocycles. The van der Waals surface area contributed by atoms with Gasteiger partial charge < -0.3 is 0 Å². The molecule has 0 amide bonds. The fraction of sp³-hybridized carbons (Fsp3) is 0. The van der Waals surface area contributed by atoms with Gasteiger partial charge in [-0.25, -0.2) is 0 Å². The Bertz CT molecular complexity index is 8.00. The van der Waals surface area contributed by atoms with Crippen LogP contribution in [0.25, 0.3) is 0 Å². The third kappa shape index (κ3) is 8.82. The average Bonchev–Trinajstić information content (AvgIpc) is 0. The van der Waals surface area contributed by atoms with Crippen LogP contribution in [0.4, 0.5) is 0 Å². The van der Waals surface area contributed by atoms with Gasteiger partial charge in [-0.3, -0.25) is 0 Å². The summed E-state index contributed by atoms with van der Waals surface area (Å²) in [5, 5.41) is 0. The van der Waals surface area contributed by atoms with Crippen LogP contribution < -0.4 is 0 Å². The molecular formula is H8AlCuInSe. The van der Waals surface area contributed by atoms with Gasteiger partial charge in [-0.05, 0) is 0 Å². The van der Waals surface area contributed by atoms with E-state index in [0.717, 1.165) is 0 Å². The van der Waals surface area contributed by atoms with Crippen molar-refractivity contribution in [1.82, 2.24) is 0 Å². The van der Waals surface area contributed by atoms with Crippen molar-refractivity contribution in [3.63, 3.8) is 0 Å². The summed E-state index contributed by atoms with van der Waals surface area (Å²) in [5.74, 6) is 0. The molecule has 0 aliphatic carbocycles. The van der Waals surface area contributed by atoms with Gasteiger partial charge in [0.15, 0.2) is 17.4 Å². The van der Waals surface area contributed by atoms with Crippen molar-refractivity contribution in [2.75, 3.05) is 0 Å². The first-order valence-corrected chi connectivity index (χ1v) is 0. The van der Waals surface area contributed by atoms with E-state index in [1.54, 1.807) is 0 Å². The van der Waals surface area contributed by atoms with Crippen LogP contribution in [0.15, 0.2) is 0 Å². The summed E-state index contributed by atoms with van der Waals surface area (Å²) in [5.41, 5.74) is 0. The summed E-state index contributed by atoms with van der Waals surface area (Å²) in [6.45, 7) is 0. The van der Waals surface area contributed by atoms with Crippen LogP contribution >= 0.6 is 0 Å². The second-order valence-electron chi connectivity index (χ2n) is 0. The Labute approximate surface area is 76.3 Å². The number of hydrogen-bond acceptors (Lipinski definition) is 0. The zero-order chi connectivity index (χ0) is 0. The van der Waals surface area contributed by atoms with Gasteiger partial charge in [-0.1, -0.05) is 0 Å². The van der Waals surface area contributed by atoms with Gasteiger partial charge >= 0.3 is 42.9 Å². The van der Waals surface area contributed by atoms with E-state index in [4.69, 9.17) is 0 Å². The zero-order valence-corrected chi connectivity index (χ0v) is 3.84. The van der Waals surface area contributed by atoms with Crippen LogP contribution in [-0.2, 0) is 17.1 Å². The predicted octanol–water partition coefficient (Wildman–Crippen LogP) is -3.29. The van der Waals surface area contributed by atoms with E-state index < -0.39 is 0 Å². The molecule has 0 bridgehead atoms. The topological polar surface area (TPSA) is 0 Å². The zero-order valence-electron chi connectivity index (χ0n) is 0.802. The van der Waals surface area contributed by atoms with Gasteiger partial charge in [0.25, 0.3) is 0 Å². The van der Waals surface area contributed by atoms with E-state index >= 15 is 0 Å². The Balaban J connectivity index is 0. The first-order chi connectivity index (χ1) is 0. The minimum atomic E-state index is 0. The fourth-order valence-electron chi connectivity index (χ4n) is 0. The predicted molar refractivity (Wildman–Crippen MR) is 28.4 cm³/mol. The third-order valence-corrected chi connectivity index (χ3v) is 0. The van der Waals surface area contributed by atoms with Crippen molar-refractivity contribution in [3.8, 4) is 0 Å². The van der Waals surface area contributed by atoms with E-state index in [9.17, 15) is 0 Å². The van der Waals surface area contributed by atoms with Gasteiger partial charge in [0, 0.05) is 17.1 Å². The van der Waals surface area contributed by atoms with Gasteiger partial charge in [-0.15, -0.1) is 0 Å². The molecule has 0 nitrogen and oxygen atoms in total. The summed E-state index contributed by atoms with van der Waals surface area (Å²) in [7, 11) is 0. The van der Waals surface area contributed by atoms with Crippen molar-refractivity contribution in [2.24, 2.45) is 0 Å². The Morgan fingerprint density at radius 3 is 1.00 bits per heavy atom. The molecule has 4 heavy (non-hydrogen) atoms. The van der Waals surface area contributed by atoms with E-state index in [1.807, 2.05) is 0 Å². The fourth-order valence-corrected chi connectivity index (χ4v) is 0. The maximum atomic E-state index is 0. The molecule has 0 fully saturated rings. The molecule has 0 aliphatic rings. The second kappa shape index (κ2) is 18.0. The van der Waals surface area contributed by atoms with Gasteiger partial charge in [0.2, 0.25) is 0 Å². The molecule has 0 spiro atoms. The first kappa shape index (κ1) is 32.0. The molecule has 0 aromatic rings. The Morgan fingerprint density at radius 1 is 1.00 bits per heavy atom. The quantitative estimate of drug-likeness (QED) is 0.411. The van der Waals surface area contributed by atoms with E-state index in [-0.39, 0.29) is 77.3 Å². The molecule has 0 aromatic carbocycles. The molecule has 4 heteroatoms.